The Morgan fingerprint density at radius 1 is 1.58 bits per heavy atom. The van der Waals surface area contributed by atoms with Crippen molar-refractivity contribution in [1.29, 1.82) is 0 Å². The van der Waals surface area contributed by atoms with E-state index in [-0.39, 0.29) is 0 Å². The molecule has 0 radical (unpaired) electrons. The molecule has 0 aliphatic carbocycles. The molecule has 0 saturated carbocycles. The van der Waals surface area contributed by atoms with Crippen molar-refractivity contribution >= 4 is 28.8 Å². The minimum absolute atomic E-state index is 0.418. The molecule has 0 aromatic carbocycles. The van der Waals surface area contributed by atoms with Crippen LogP contribution >= 0.6 is 11.6 Å². The summed E-state index contributed by atoms with van der Waals surface area (Å²) in [6, 6.07) is 1.68. The Bertz CT molecular complexity index is 436. The van der Waals surface area contributed by atoms with Crippen LogP contribution in [-0.4, -0.2) is 16.3 Å². The lowest BCUT2D eigenvalue weighted by Crippen LogP contribution is -1.77. The smallest absolute Gasteiger partial charge is 0.152 e. The van der Waals surface area contributed by atoms with Crippen molar-refractivity contribution in [2.24, 2.45) is 0 Å². The van der Waals surface area contributed by atoms with Crippen LogP contribution < -0.4 is 0 Å². The molecule has 0 fully saturated rings. The van der Waals surface area contributed by atoms with Crippen molar-refractivity contribution in [3.63, 3.8) is 0 Å². The second-order valence-corrected chi connectivity index (χ2v) is 2.80. The lowest BCUT2D eigenvalue weighted by Gasteiger charge is -1.89. The first-order chi connectivity index (χ1) is 5.81. The van der Waals surface area contributed by atoms with Gasteiger partial charge in [-0.15, -0.1) is 0 Å². The number of hydrogen-bond donors (Lipinski definition) is 1. The number of aromatic nitrogens is 2. The summed E-state index contributed by atoms with van der Waals surface area (Å²) in [7, 11) is 0. The lowest BCUT2D eigenvalue weighted by atomic mass is 10.2. The van der Waals surface area contributed by atoms with Gasteiger partial charge in [-0.25, -0.2) is 4.98 Å². The molecule has 0 saturated heterocycles. The van der Waals surface area contributed by atoms with Crippen LogP contribution in [0.15, 0.2) is 18.5 Å². The number of carbonyl (C=O) groups excluding carboxylic acids is 1. The molecule has 2 aromatic rings. The van der Waals surface area contributed by atoms with Gasteiger partial charge in [-0.2, -0.15) is 0 Å². The van der Waals surface area contributed by atoms with E-state index in [1.807, 2.05) is 0 Å². The van der Waals surface area contributed by atoms with Gasteiger partial charge < -0.3 is 4.98 Å². The predicted molar refractivity (Wildman–Crippen MR) is 46.5 cm³/mol. The van der Waals surface area contributed by atoms with Gasteiger partial charge in [0.1, 0.15) is 5.15 Å². The van der Waals surface area contributed by atoms with E-state index in [1.165, 1.54) is 0 Å². The topological polar surface area (TPSA) is 45.8 Å². The maximum absolute atomic E-state index is 10.5. The van der Waals surface area contributed by atoms with Gasteiger partial charge in [0.05, 0.1) is 5.52 Å². The number of aldehydes is 1. The molecule has 2 aromatic heterocycles. The van der Waals surface area contributed by atoms with E-state index in [9.17, 15) is 4.79 Å². The molecular formula is C8H5ClN2O. The summed E-state index contributed by atoms with van der Waals surface area (Å²) in [6.45, 7) is 0. The molecule has 0 amide bonds. The first-order valence-electron chi connectivity index (χ1n) is 3.39. The molecule has 0 bridgehead atoms. The van der Waals surface area contributed by atoms with Gasteiger partial charge in [0.25, 0.3) is 0 Å². The number of H-pyrrole nitrogens is 1. The normalized spacial score (nSPS) is 10.4. The number of pyridine rings is 1. The van der Waals surface area contributed by atoms with E-state index < -0.39 is 0 Å². The van der Waals surface area contributed by atoms with Gasteiger partial charge in [-0.1, -0.05) is 11.6 Å². The zero-order valence-electron chi connectivity index (χ0n) is 6.04. The van der Waals surface area contributed by atoms with Crippen LogP contribution in [0.1, 0.15) is 10.4 Å². The highest BCUT2D eigenvalue weighted by Gasteiger charge is 2.02. The highest BCUT2D eigenvalue weighted by Crippen LogP contribution is 2.18. The van der Waals surface area contributed by atoms with Gasteiger partial charge in [-0.05, 0) is 6.07 Å². The third-order valence-electron chi connectivity index (χ3n) is 1.69. The molecule has 2 heterocycles. The summed E-state index contributed by atoms with van der Waals surface area (Å²) < 4.78 is 0. The average Bonchev–Trinajstić information content (AvgIpc) is 2.46. The Kier molecular flexibility index (Phi) is 1.59. The Hall–Kier alpha value is -1.35. The van der Waals surface area contributed by atoms with Crippen LogP contribution in [0.2, 0.25) is 5.15 Å². The van der Waals surface area contributed by atoms with Crippen LogP contribution in [0.5, 0.6) is 0 Å². The number of halogens is 1. The number of hydrogen-bond acceptors (Lipinski definition) is 2. The lowest BCUT2D eigenvalue weighted by molar-refractivity contribution is 0.112. The first-order valence-corrected chi connectivity index (χ1v) is 3.77. The van der Waals surface area contributed by atoms with E-state index in [1.54, 1.807) is 18.5 Å². The third kappa shape index (κ3) is 0.987. The Morgan fingerprint density at radius 2 is 2.42 bits per heavy atom. The fourth-order valence-corrected chi connectivity index (χ4v) is 1.27. The Labute approximate surface area is 73.4 Å². The molecule has 2 rings (SSSR count). The van der Waals surface area contributed by atoms with Gasteiger partial charge in [0.15, 0.2) is 6.29 Å². The summed E-state index contributed by atoms with van der Waals surface area (Å²) in [4.78, 5) is 17.3. The quantitative estimate of drug-likeness (QED) is 0.539. The summed E-state index contributed by atoms with van der Waals surface area (Å²) in [5.74, 6) is 0. The fraction of sp³-hybridized carbons (Fsp3) is 0. The molecule has 3 nitrogen and oxygen atoms in total. The van der Waals surface area contributed by atoms with Crippen LogP contribution in [0.4, 0.5) is 0 Å². The number of nitrogens with one attached hydrogen (secondary N) is 1. The van der Waals surface area contributed by atoms with Crippen molar-refractivity contribution in [2.45, 2.75) is 0 Å². The minimum atomic E-state index is 0.418. The van der Waals surface area contributed by atoms with E-state index in [2.05, 4.69) is 9.97 Å². The number of fused-ring (bicyclic) bond motifs is 1. The monoisotopic (exact) mass is 180 g/mol. The first kappa shape index (κ1) is 7.31. The molecule has 4 heteroatoms. The highest BCUT2D eigenvalue weighted by molar-refractivity contribution is 6.30. The van der Waals surface area contributed by atoms with Crippen molar-refractivity contribution in [3.05, 3.63) is 29.2 Å². The van der Waals surface area contributed by atoms with E-state index in [0.29, 0.717) is 10.7 Å². The predicted octanol–water partition coefficient (Wildman–Crippen LogP) is 2.03. The van der Waals surface area contributed by atoms with Gasteiger partial charge in [0, 0.05) is 23.3 Å². The zero-order valence-corrected chi connectivity index (χ0v) is 6.80. The van der Waals surface area contributed by atoms with Gasteiger partial charge in [-0.3, -0.25) is 4.79 Å². The van der Waals surface area contributed by atoms with Gasteiger partial charge >= 0.3 is 0 Å². The summed E-state index contributed by atoms with van der Waals surface area (Å²) in [5.41, 5.74) is 1.44. The highest BCUT2D eigenvalue weighted by atomic mass is 35.5. The molecule has 60 valence electrons. The molecule has 12 heavy (non-hydrogen) atoms. The molecule has 0 spiro atoms. The molecule has 0 unspecified atom stereocenters. The summed E-state index contributed by atoms with van der Waals surface area (Å²) in [6.07, 6.45) is 4.00. The molecule has 0 aliphatic heterocycles. The average molecular weight is 181 g/mol. The van der Waals surface area contributed by atoms with Crippen LogP contribution in [0.3, 0.4) is 0 Å². The van der Waals surface area contributed by atoms with Crippen molar-refractivity contribution < 1.29 is 4.79 Å². The minimum Gasteiger partial charge on any atom is -0.360 e. The third-order valence-corrected chi connectivity index (χ3v) is 1.90. The molecule has 0 aliphatic rings. The standard InChI is InChI=1S/C8H5ClN2O/c9-8-1-7-6(3-11-8)5(4-12)2-10-7/h1-4,10H. The second kappa shape index (κ2) is 2.60. The number of rotatable bonds is 1. The van der Waals surface area contributed by atoms with Crippen molar-refractivity contribution in [3.8, 4) is 0 Å². The maximum Gasteiger partial charge on any atom is 0.152 e. The van der Waals surface area contributed by atoms with Crippen LogP contribution in [0.25, 0.3) is 10.9 Å². The zero-order chi connectivity index (χ0) is 8.55. The van der Waals surface area contributed by atoms with E-state index in [4.69, 9.17) is 11.6 Å². The van der Waals surface area contributed by atoms with E-state index >= 15 is 0 Å². The largest absolute Gasteiger partial charge is 0.360 e. The molecular weight excluding hydrogens is 176 g/mol. The Morgan fingerprint density at radius 3 is 3.17 bits per heavy atom. The van der Waals surface area contributed by atoms with Crippen LogP contribution in [0, 0.1) is 0 Å². The summed E-state index contributed by atoms with van der Waals surface area (Å²) >= 11 is 5.65. The van der Waals surface area contributed by atoms with Crippen LogP contribution in [-0.2, 0) is 0 Å². The van der Waals surface area contributed by atoms with E-state index in [0.717, 1.165) is 17.2 Å². The molecule has 1 N–H and O–H groups in total. The van der Waals surface area contributed by atoms with Gasteiger partial charge in [0.2, 0.25) is 0 Å². The van der Waals surface area contributed by atoms with Crippen molar-refractivity contribution in [2.75, 3.05) is 0 Å². The van der Waals surface area contributed by atoms with Crippen molar-refractivity contribution in [1.82, 2.24) is 9.97 Å². The molecule has 0 atom stereocenters. The number of carbonyl (C=O) groups is 1. The maximum atomic E-state index is 10.5. The second-order valence-electron chi connectivity index (χ2n) is 2.41. The summed E-state index contributed by atoms with van der Waals surface area (Å²) in [5, 5.41) is 1.22. The Balaban J connectivity index is 2.81. The number of aromatic amines is 1. The number of nitrogens with zero attached hydrogens (tertiary/aromatic N) is 1. The SMILES string of the molecule is O=Cc1c[nH]c2cc(Cl)ncc12. The fourth-order valence-electron chi connectivity index (χ4n) is 1.11.